The summed E-state index contributed by atoms with van der Waals surface area (Å²) in [5, 5.41) is 0. The Morgan fingerprint density at radius 2 is 0.743 bits per heavy atom. The van der Waals surface area contributed by atoms with Crippen molar-refractivity contribution in [1.29, 1.82) is 0 Å². The molecule has 4 aliphatic heterocycles. The Morgan fingerprint density at radius 1 is 0.311 bits per heavy atom. The normalized spacial score (nSPS) is 13.0. The first-order valence-electron chi connectivity index (χ1n) is 25.2. The van der Waals surface area contributed by atoms with Gasteiger partial charge in [0, 0.05) is 0 Å². The van der Waals surface area contributed by atoms with Crippen molar-refractivity contribution in [3.05, 3.63) is 261 Å². The van der Waals surface area contributed by atoms with E-state index in [1.807, 2.05) is 0 Å². The zero-order chi connectivity index (χ0) is 48.7. The second-order valence-corrected chi connectivity index (χ2v) is 30.2. The first kappa shape index (κ1) is 43.0. The van der Waals surface area contributed by atoms with E-state index in [0.717, 1.165) is 88.4 Å². The van der Waals surface area contributed by atoms with Crippen LogP contribution in [0.5, 0.6) is 23.0 Å². The molecule has 0 radical (unpaired) electrons. The number of hydrogen-bond acceptors (Lipinski definition) is 7. The minimum atomic E-state index is -3.13. The molecule has 74 heavy (non-hydrogen) atoms. The van der Waals surface area contributed by atoms with Gasteiger partial charge in [0.15, 0.2) is 0 Å². The molecule has 0 atom stereocenters. The van der Waals surface area contributed by atoms with E-state index in [9.17, 15) is 0 Å². The van der Waals surface area contributed by atoms with Gasteiger partial charge in [-0.3, -0.25) is 0 Å². The summed E-state index contributed by atoms with van der Waals surface area (Å²) < 4.78 is 22.0. The van der Waals surface area contributed by atoms with Crippen LogP contribution in [0.3, 0.4) is 0 Å². The molecule has 5 heterocycles. The third-order valence-electron chi connectivity index (χ3n) is 14.9. The Balaban J connectivity index is 1.00. The molecule has 15 rings (SSSR count). The molecule has 7 nitrogen and oxygen atoms in total. The molecule has 0 amide bonds. The van der Waals surface area contributed by atoms with Gasteiger partial charge in [-0.25, -0.2) is 0 Å². The molecule has 11 aromatic rings. The van der Waals surface area contributed by atoms with Crippen molar-refractivity contribution < 1.29 is 9.47 Å². The number of fused-ring (bicyclic) bond motifs is 8. The minimum absolute atomic E-state index is 0.838. The second-order valence-electron chi connectivity index (χ2n) is 19.1. The van der Waals surface area contributed by atoms with Gasteiger partial charge in [-0.05, 0) is 0 Å². The molecule has 0 unspecified atom stereocenters. The van der Waals surface area contributed by atoms with Gasteiger partial charge in [0.25, 0.3) is 0 Å². The number of para-hydroxylation sites is 8. The number of benzene rings is 10. The van der Waals surface area contributed by atoms with Crippen molar-refractivity contribution in [3.8, 4) is 23.0 Å². The summed E-state index contributed by atoms with van der Waals surface area (Å²) in [5.41, 5.74) is 12.0. The summed E-state index contributed by atoms with van der Waals surface area (Å²) in [7, 11) is 0. The fraction of sp³-hybridized carbons (Fsp3) is 0. The van der Waals surface area contributed by atoms with Crippen molar-refractivity contribution in [2.75, 3.05) is 19.6 Å². The predicted molar refractivity (Wildman–Crippen MR) is 305 cm³/mol. The van der Waals surface area contributed by atoms with Gasteiger partial charge in [0.05, 0.1) is 0 Å². The van der Waals surface area contributed by atoms with Crippen molar-refractivity contribution in [3.63, 3.8) is 0 Å². The van der Waals surface area contributed by atoms with Crippen LogP contribution in [-0.4, -0.2) is 37.4 Å². The number of nitrogens with zero attached hydrogens (tertiary/aromatic N) is 5. The molecule has 1 aromatic heterocycles. The third kappa shape index (κ3) is 6.89. The van der Waals surface area contributed by atoms with Crippen LogP contribution in [0.2, 0.25) is 0 Å². The number of anilines is 12. The molecule has 10 aromatic carbocycles. The maximum atomic E-state index is 7.44. The average molecular weight is 1070 g/mol. The van der Waals surface area contributed by atoms with Gasteiger partial charge in [-0.1, -0.05) is 0 Å². The van der Waals surface area contributed by atoms with E-state index in [4.69, 9.17) is 14.5 Å². The average Bonchev–Trinajstić information content (AvgIpc) is 3.46. The van der Waals surface area contributed by atoms with Gasteiger partial charge in [0.1, 0.15) is 0 Å². The third-order valence-corrected chi connectivity index (χ3v) is 28.6. The van der Waals surface area contributed by atoms with Gasteiger partial charge >= 0.3 is 444 Å². The molecule has 0 N–H and O–H groups in total. The summed E-state index contributed by atoms with van der Waals surface area (Å²) in [6.45, 7) is 0. The summed E-state index contributed by atoms with van der Waals surface area (Å²) in [6, 6.07) is 93.9. The van der Waals surface area contributed by atoms with E-state index >= 15 is 0 Å². The zero-order valence-electron chi connectivity index (χ0n) is 40.0. The van der Waals surface area contributed by atoms with Gasteiger partial charge in [0.2, 0.25) is 0 Å². The Hall–Kier alpha value is -8.58. The summed E-state index contributed by atoms with van der Waals surface area (Å²) >= 11 is -6.23. The fourth-order valence-electron chi connectivity index (χ4n) is 11.8. The number of hydrogen-bond donors (Lipinski definition) is 0. The zero-order valence-corrected chi connectivity index (χ0v) is 44.9. The van der Waals surface area contributed by atoms with Crippen molar-refractivity contribution in [2.45, 2.75) is 0 Å². The topological polar surface area (TPSA) is 44.3 Å². The molecular weight excluding hydrogens is 1020 g/mol. The standard InChI is InChI=1S/C65H43N5O2.2Ga/c1-9-25-50(26-10-1)67(51-27-11-2-12-28-51)57-43-58(68(52-29-13-3-14-30-52)53-31-15-4-16-32-53)45-59(44-57)70(56-37-21-7-22-38-56)65-42-41-62(49-66-65)72-64-47-60(46-63(48-64)71-61-39-23-8-24-40-61)69(54-33-17-5-18-34-54)55-35-19-6-20-36-55;;/h1-31,33-39,41,43-44,46-47H;;. The molecule has 0 saturated carbocycles. The molecule has 346 valence electrons. The molecule has 0 fully saturated rings. The van der Waals surface area contributed by atoms with Gasteiger partial charge < -0.3 is 0 Å². The van der Waals surface area contributed by atoms with Crippen molar-refractivity contribution in [1.82, 2.24) is 4.98 Å². The number of rotatable bonds is 8. The van der Waals surface area contributed by atoms with Crippen LogP contribution in [0.1, 0.15) is 0 Å². The molecule has 9 heteroatoms. The first-order valence-corrected chi connectivity index (χ1v) is 32.5. The van der Waals surface area contributed by atoms with E-state index < -0.39 is 32.4 Å². The van der Waals surface area contributed by atoms with E-state index in [2.05, 4.69) is 280 Å². The van der Waals surface area contributed by atoms with Crippen LogP contribution >= 0.6 is 0 Å². The van der Waals surface area contributed by atoms with Crippen LogP contribution in [0, 0.1) is 0 Å². The molecule has 0 spiro atoms. The Labute approximate surface area is 440 Å². The summed E-state index contributed by atoms with van der Waals surface area (Å²) in [5.74, 6) is 4.42. The summed E-state index contributed by atoms with van der Waals surface area (Å²) in [6.07, 6.45) is 0. The Bertz CT molecular complexity index is 3870. The van der Waals surface area contributed by atoms with E-state index in [1.165, 1.54) is 27.8 Å². The van der Waals surface area contributed by atoms with E-state index in [1.54, 1.807) is 0 Å². The molecule has 0 aliphatic carbocycles. The van der Waals surface area contributed by atoms with Crippen LogP contribution in [0.4, 0.5) is 68.4 Å². The quantitative estimate of drug-likeness (QED) is 0.141. The molecule has 0 bridgehead atoms. The Morgan fingerprint density at radius 3 is 1.30 bits per heavy atom. The van der Waals surface area contributed by atoms with Crippen LogP contribution in [0.15, 0.2) is 261 Å². The van der Waals surface area contributed by atoms with Crippen molar-refractivity contribution in [2.24, 2.45) is 0 Å². The second kappa shape index (κ2) is 17.6. The van der Waals surface area contributed by atoms with Crippen molar-refractivity contribution >= 4 is 126 Å². The number of pyridine rings is 1. The monoisotopic (exact) mass is 1060 g/mol. The van der Waals surface area contributed by atoms with Crippen LogP contribution in [-0.2, 0) is 0 Å². The predicted octanol–water partition coefficient (Wildman–Crippen LogP) is 12.8. The fourth-order valence-corrected chi connectivity index (χ4v) is 25.9. The SMILES string of the molecule is c1ccc(N(c2ccccc2)c2cc3[c]4c(c2)Oc2c[c]5c(n[c]2[Ga]4[c]2ccccc2O3)N(c2ccccc2)c2cc(N(c3ccccc3)c3ccccc3)cc3[c]2[Ga]5[c]2ccccc2N3c2ccccc2)cc1. The maximum absolute atomic E-state index is 7.44. The van der Waals surface area contributed by atoms with Gasteiger partial charge in [-0.15, -0.1) is 0 Å². The molecule has 4 aliphatic rings. The molecular formula is C65H43Ga2N5O2. The van der Waals surface area contributed by atoms with Gasteiger partial charge in [-0.2, -0.15) is 0 Å². The summed E-state index contributed by atoms with van der Waals surface area (Å²) in [4.78, 5) is 15.8. The molecule has 0 saturated heterocycles. The van der Waals surface area contributed by atoms with E-state index in [-0.39, 0.29) is 0 Å². The number of ether oxygens (including phenoxy) is 2. The number of aromatic nitrogens is 1. The van der Waals surface area contributed by atoms with Crippen LogP contribution in [0.25, 0.3) is 0 Å². The van der Waals surface area contributed by atoms with E-state index in [0.29, 0.717) is 0 Å². The van der Waals surface area contributed by atoms with Crippen LogP contribution < -0.4 is 53.9 Å². The Kier molecular flexibility index (Phi) is 10.2. The first-order chi connectivity index (χ1) is 36.7.